The second kappa shape index (κ2) is 4.91. The Bertz CT molecular complexity index is 292. The first-order valence-electron chi connectivity index (χ1n) is 5.19. The van der Waals surface area contributed by atoms with Gasteiger partial charge in [-0.3, -0.25) is 4.79 Å². The molecule has 0 N–H and O–H groups in total. The predicted octanol–water partition coefficient (Wildman–Crippen LogP) is 1.57. The minimum absolute atomic E-state index is 0.00669. The van der Waals surface area contributed by atoms with Crippen LogP contribution in [0.15, 0.2) is 0 Å². The molecule has 0 spiro atoms. The van der Waals surface area contributed by atoms with E-state index in [2.05, 4.69) is 0 Å². The maximum Gasteiger partial charge on any atom is 0.147 e. The molecule has 0 amide bonds. The zero-order valence-corrected chi connectivity index (χ0v) is 9.48. The number of Topliss-reactive ketones (excluding diaryl/α,β-unsaturated/α-hetero) is 1. The lowest BCUT2D eigenvalue weighted by Gasteiger charge is -2.11. The Morgan fingerprint density at radius 1 is 1.29 bits per heavy atom. The highest BCUT2D eigenvalue weighted by atomic mass is 32.2. The smallest absolute Gasteiger partial charge is 0.147 e. The largest absolute Gasteiger partial charge is 0.299 e. The number of ketones is 1. The summed E-state index contributed by atoms with van der Waals surface area (Å²) in [6.07, 6.45) is 6.45. The molecule has 4 heteroatoms. The number of carbonyl (C=O) groups excluding carboxylic acids is 1. The van der Waals surface area contributed by atoms with E-state index in [-0.39, 0.29) is 17.5 Å². The van der Waals surface area contributed by atoms with E-state index in [4.69, 9.17) is 0 Å². The molecule has 1 rings (SSSR count). The van der Waals surface area contributed by atoms with Crippen LogP contribution in [0.4, 0.5) is 0 Å². The second-order valence-corrected chi connectivity index (χ2v) is 6.44. The fourth-order valence-electron chi connectivity index (χ4n) is 1.89. The maximum absolute atomic E-state index is 11.5. The predicted molar refractivity (Wildman–Crippen MR) is 55.9 cm³/mol. The van der Waals surface area contributed by atoms with Crippen molar-refractivity contribution < 1.29 is 13.2 Å². The van der Waals surface area contributed by atoms with Crippen LogP contribution in [0.2, 0.25) is 0 Å². The van der Waals surface area contributed by atoms with Crippen molar-refractivity contribution in [3.05, 3.63) is 0 Å². The van der Waals surface area contributed by atoms with Gasteiger partial charge < -0.3 is 0 Å². The molecule has 1 unspecified atom stereocenters. The fourth-order valence-corrected chi connectivity index (χ4v) is 2.61. The van der Waals surface area contributed by atoms with Crippen LogP contribution >= 0.6 is 0 Å². The van der Waals surface area contributed by atoms with Crippen molar-refractivity contribution >= 4 is 15.6 Å². The van der Waals surface area contributed by atoms with Gasteiger partial charge in [0, 0.05) is 18.6 Å². The van der Waals surface area contributed by atoms with E-state index in [1.165, 1.54) is 6.26 Å². The summed E-state index contributed by atoms with van der Waals surface area (Å²) in [5.74, 6) is 0.432. The van der Waals surface area contributed by atoms with E-state index in [1.54, 1.807) is 0 Å². The normalized spacial score (nSPS) is 24.6. The van der Waals surface area contributed by atoms with Gasteiger partial charge in [-0.25, -0.2) is 8.42 Å². The van der Waals surface area contributed by atoms with Gasteiger partial charge in [0.25, 0.3) is 0 Å². The Morgan fingerprint density at radius 3 is 2.64 bits per heavy atom. The molecule has 0 aromatic rings. The molecule has 0 aromatic heterocycles. The Labute approximate surface area is 85.8 Å². The number of rotatable bonds is 3. The van der Waals surface area contributed by atoms with Crippen molar-refractivity contribution in [1.29, 1.82) is 0 Å². The highest BCUT2D eigenvalue weighted by molar-refractivity contribution is 7.90. The standard InChI is InChI=1S/C10H18O3S/c1-14(12,13)8-7-9-5-3-2-4-6-10(9)11/h9H,2-8H2,1H3. The quantitative estimate of drug-likeness (QED) is 0.676. The highest BCUT2D eigenvalue weighted by Gasteiger charge is 2.21. The lowest BCUT2D eigenvalue weighted by atomic mass is 9.96. The van der Waals surface area contributed by atoms with Gasteiger partial charge in [-0.05, 0) is 19.3 Å². The molecule has 0 heterocycles. The minimum atomic E-state index is -2.91. The van der Waals surface area contributed by atoms with Gasteiger partial charge in [0.15, 0.2) is 0 Å². The molecule has 1 aliphatic carbocycles. The molecule has 82 valence electrons. The third kappa shape index (κ3) is 4.22. The number of sulfone groups is 1. The zero-order valence-electron chi connectivity index (χ0n) is 8.66. The van der Waals surface area contributed by atoms with Gasteiger partial charge in [-0.15, -0.1) is 0 Å². The highest BCUT2D eigenvalue weighted by Crippen LogP contribution is 2.22. The third-order valence-corrected chi connectivity index (χ3v) is 3.75. The van der Waals surface area contributed by atoms with Gasteiger partial charge in [0.2, 0.25) is 0 Å². The van der Waals surface area contributed by atoms with Crippen molar-refractivity contribution in [2.75, 3.05) is 12.0 Å². The molecular weight excluding hydrogens is 200 g/mol. The van der Waals surface area contributed by atoms with Crippen molar-refractivity contribution in [3.8, 4) is 0 Å². The first-order valence-corrected chi connectivity index (χ1v) is 7.25. The van der Waals surface area contributed by atoms with Gasteiger partial charge in [0.1, 0.15) is 15.6 Å². The summed E-state index contributed by atoms with van der Waals surface area (Å²) in [7, 11) is -2.91. The Hall–Kier alpha value is -0.380. The second-order valence-electron chi connectivity index (χ2n) is 4.18. The van der Waals surface area contributed by atoms with E-state index < -0.39 is 9.84 Å². The summed E-state index contributed by atoms with van der Waals surface area (Å²) in [4.78, 5) is 11.5. The SMILES string of the molecule is CS(=O)(=O)CCC1CCCCCC1=O. The van der Waals surface area contributed by atoms with Crippen molar-refractivity contribution in [2.24, 2.45) is 5.92 Å². The molecule has 1 aliphatic rings. The first kappa shape index (κ1) is 11.7. The molecule has 3 nitrogen and oxygen atoms in total. The molecule has 0 bridgehead atoms. The average Bonchev–Trinajstić information content (AvgIpc) is 2.25. The number of hydrogen-bond donors (Lipinski definition) is 0. The average molecular weight is 218 g/mol. The Balaban J connectivity index is 2.45. The number of carbonyl (C=O) groups is 1. The van der Waals surface area contributed by atoms with Crippen LogP contribution in [-0.4, -0.2) is 26.2 Å². The molecule has 1 atom stereocenters. The molecule has 0 radical (unpaired) electrons. The molecule has 1 saturated carbocycles. The molecule has 0 aromatic carbocycles. The fraction of sp³-hybridized carbons (Fsp3) is 0.900. The maximum atomic E-state index is 11.5. The molecule has 1 fully saturated rings. The molecule has 0 aliphatic heterocycles. The zero-order chi connectivity index (χ0) is 10.6. The van der Waals surface area contributed by atoms with E-state index >= 15 is 0 Å². The molecule has 14 heavy (non-hydrogen) atoms. The summed E-state index contributed by atoms with van der Waals surface area (Å²) >= 11 is 0. The van der Waals surface area contributed by atoms with Gasteiger partial charge >= 0.3 is 0 Å². The number of hydrogen-bond acceptors (Lipinski definition) is 3. The summed E-state index contributed by atoms with van der Waals surface area (Å²) in [6, 6.07) is 0. The molecule has 0 saturated heterocycles. The van der Waals surface area contributed by atoms with E-state index in [1.807, 2.05) is 0 Å². The Morgan fingerprint density at radius 2 is 2.00 bits per heavy atom. The summed E-state index contributed by atoms with van der Waals surface area (Å²) in [5, 5.41) is 0. The molecular formula is C10H18O3S. The van der Waals surface area contributed by atoms with Gasteiger partial charge in [0.05, 0.1) is 5.75 Å². The van der Waals surface area contributed by atoms with E-state index in [9.17, 15) is 13.2 Å². The van der Waals surface area contributed by atoms with E-state index in [0.717, 1.165) is 25.7 Å². The van der Waals surface area contributed by atoms with Crippen LogP contribution in [0, 0.1) is 5.92 Å². The van der Waals surface area contributed by atoms with Crippen LogP contribution in [0.5, 0.6) is 0 Å². The van der Waals surface area contributed by atoms with E-state index in [0.29, 0.717) is 12.8 Å². The van der Waals surface area contributed by atoms with Crippen LogP contribution in [0.1, 0.15) is 38.5 Å². The first-order chi connectivity index (χ1) is 6.49. The van der Waals surface area contributed by atoms with Crippen LogP contribution in [0.25, 0.3) is 0 Å². The summed E-state index contributed by atoms with van der Waals surface area (Å²) in [6.45, 7) is 0. The third-order valence-electron chi connectivity index (χ3n) is 2.77. The monoisotopic (exact) mass is 218 g/mol. The lowest BCUT2D eigenvalue weighted by Crippen LogP contribution is -2.17. The van der Waals surface area contributed by atoms with Crippen LogP contribution in [-0.2, 0) is 14.6 Å². The summed E-state index contributed by atoms with van der Waals surface area (Å²) < 4.78 is 21.9. The minimum Gasteiger partial charge on any atom is -0.299 e. The van der Waals surface area contributed by atoms with Crippen molar-refractivity contribution in [3.63, 3.8) is 0 Å². The summed E-state index contributed by atoms with van der Waals surface area (Å²) in [5.41, 5.74) is 0. The lowest BCUT2D eigenvalue weighted by molar-refractivity contribution is -0.122. The van der Waals surface area contributed by atoms with Gasteiger partial charge in [-0.1, -0.05) is 12.8 Å². The van der Waals surface area contributed by atoms with Crippen molar-refractivity contribution in [1.82, 2.24) is 0 Å². The Kier molecular flexibility index (Phi) is 4.11. The van der Waals surface area contributed by atoms with Crippen LogP contribution in [0.3, 0.4) is 0 Å². The van der Waals surface area contributed by atoms with Crippen molar-refractivity contribution in [2.45, 2.75) is 38.5 Å². The topological polar surface area (TPSA) is 51.2 Å². The van der Waals surface area contributed by atoms with Crippen LogP contribution < -0.4 is 0 Å². The van der Waals surface area contributed by atoms with Gasteiger partial charge in [-0.2, -0.15) is 0 Å².